The fourth-order valence-corrected chi connectivity index (χ4v) is 4.17. The zero-order valence-corrected chi connectivity index (χ0v) is 18.4. The van der Waals surface area contributed by atoms with Crippen LogP contribution in [0.1, 0.15) is 40.8 Å². The molecular weight excluding hydrogens is 408 g/mol. The number of carbonyl (C=O) groups excluding carboxylic acids is 1. The molecule has 1 amide bonds. The Kier molecular flexibility index (Phi) is 6.90. The quantitative estimate of drug-likeness (QED) is 0.523. The third kappa shape index (κ3) is 5.27. The van der Waals surface area contributed by atoms with E-state index in [9.17, 15) is 4.79 Å². The molecule has 0 fully saturated rings. The Morgan fingerprint density at radius 1 is 1.03 bits per heavy atom. The van der Waals surface area contributed by atoms with Gasteiger partial charge in [-0.3, -0.25) is 10.1 Å². The monoisotopic (exact) mass is 434 g/mol. The largest absolute Gasteiger partial charge is 0.493 e. The van der Waals surface area contributed by atoms with E-state index in [4.69, 9.17) is 16.3 Å². The number of amides is 1. The number of hydrogen-bond donors (Lipinski definition) is 2. The van der Waals surface area contributed by atoms with Crippen LogP contribution in [0.2, 0.25) is 5.02 Å². The summed E-state index contributed by atoms with van der Waals surface area (Å²) in [7, 11) is 1.68. The Morgan fingerprint density at radius 3 is 2.55 bits per heavy atom. The van der Waals surface area contributed by atoms with Gasteiger partial charge in [0.2, 0.25) is 5.91 Å². The van der Waals surface area contributed by atoms with E-state index < -0.39 is 6.04 Å². The van der Waals surface area contributed by atoms with Crippen LogP contribution < -0.4 is 15.4 Å². The molecule has 0 aliphatic carbocycles. The first-order chi connectivity index (χ1) is 15.1. The summed E-state index contributed by atoms with van der Waals surface area (Å²) in [6.45, 7) is 0.729. The summed E-state index contributed by atoms with van der Waals surface area (Å²) in [6.07, 6.45) is 2.64. The molecule has 0 saturated carbocycles. The number of rotatable bonds is 8. The average Bonchev–Trinajstić information content (AvgIpc) is 3.28. The second-order valence-electron chi connectivity index (χ2n) is 7.81. The van der Waals surface area contributed by atoms with E-state index in [0.717, 1.165) is 42.2 Å². The Bertz CT molecular complexity index is 1020. The molecular formula is C26H27ClN2O2. The summed E-state index contributed by atoms with van der Waals surface area (Å²) < 4.78 is 5.68. The number of ether oxygens (including phenoxy) is 1. The van der Waals surface area contributed by atoms with Gasteiger partial charge in [0.25, 0.3) is 0 Å². The van der Waals surface area contributed by atoms with Crippen molar-refractivity contribution < 1.29 is 9.53 Å². The predicted molar refractivity (Wildman–Crippen MR) is 125 cm³/mol. The van der Waals surface area contributed by atoms with Gasteiger partial charge in [-0.1, -0.05) is 66.2 Å². The molecule has 1 aliphatic heterocycles. The van der Waals surface area contributed by atoms with Crippen LogP contribution in [0.4, 0.5) is 0 Å². The molecule has 0 radical (unpaired) electrons. The Labute approximate surface area is 188 Å². The van der Waals surface area contributed by atoms with Crippen LogP contribution in [0.25, 0.3) is 0 Å². The molecule has 0 spiro atoms. The van der Waals surface area contributed by atoms with Gasteiger partial charge in [-0.25, -0.2) is 0 Å². The second-order valence-corrected chi connectivity index (χ2v) is 8.24. The number of fused-ring (bicyclic) bond motifs is 1. The summed E-state index contributed by atoms with van der Waals surface area (Å²) in [6, 6.07) is 23.7. The predicted octanol–water partition coefficient (Wildman–Crippen LogP) is 5.03. The lowest BCUT2D eigenvalue weighted by Gasteiger charge is -2.26. The number of benzene rings is 3. The smallest absolute Gasteiger partial charge is 0.241 e. The maximum atomic E-state index is 12.8. The second kappa shape index (κ2) is 9.99. The molecule has 0 aromatic heterocycles. The summed E-state index contributed by atoms with van der Waals surface area (Å²) in [5.74, 6) is 0.915. The van der Waals surface area contributed by atoms with Crippen molar-refractivity contribution in [3.05, 3.63) is 100 Å². The van der Waals surface area contributed by atoms with Crippen molar-refractivity contribution in [2.45, 2.75) is 31.3 Å². The SMILES string of the molecule is CNC(=O)C(NC(CCc1ccc(Cl)cc1)c1ccc2c(c1)CCO2)c1ccccc1. The first-order valence-electron chi connectivity index (χ1n) is 10.7. The fraction of sp³-hybridized carbons (Fsp3) is 0.269. The Morgan fingerprint density at radius 2 is 1.81 bits per heavy atom. The van der Waals surface area contributed by atoms with E-state index in [1.165, 1.54) is 16.7 Å². The van der Waals surface area contributed by atoms with Crippen LogP contribution in [0.3, 0.4) is 0 Å². The van der Waals surface area contributed by atoms with Gasteiger partial charge in [0.1, 0.15) is 11.8 Å². The molecule has 4 rings (SSSR count). The van der Waals surface area contributed by atoms with E-state index in [2.05, 4.69) is 34.9 Å². The third-order valence-electron chi connectivity index (χ3n) is 5.76. The van der Waals surface area contributed by atoms with Crippen LogP contribution in [0.5, 0.6) is 5.75 Å². The molecule has 1 heterocycles. The maximum absolute atomic E-state index is 12.8. The molecule has 4 nitrogen and oxygen atoms in total. The summed E-state index contributed by atoms with van der Waals surface area (Å²) in [5.41, 5.74) is 4.56. The molecule has 31 heavy (non-hydrogen) atoms. The number of halogens is 1. The highest BCUT2D eigenvalue weighted by Crippen LogP contribution is 2.31. The van der Waals surface area contributed by atoms with Crippen molar-refractivity contribution in [1.82, 2.24) is 10.6 Å². The minimum Gasteiger partial charge on any atom is -0.493 e. The van der Waals surface area contributed by atoms with E-state index in [1.807, 2.05) is 48.5 Å². The summed E-state index contributed by atoms with van der Waals surface area (Å²) >= 11 is 6.04. The van der Waals surface area contributed by atoms with Crippen molar-refractivity contribution in [2.75, 3.05) is 13.7 Å². The maximum Gasteiger partial charge on any atom is 0.241 e. The lowest BCUT2D eigenvalue weighted by molar-refractivity contribution is -0.123. The van der Waals surface area contributed by atoms with Crippen LogP contribution in [0.15, 0.2) is 72.8 Å². The number of aryl methyl sites for hydroxylation is 1. The number of carbonyl (C=O) groups is 1. The van der Waals surface area contributed by atoms with Crippen molar-refractivity contribution in [1.29, 1.82) is 0 Å². The van der Waals surface area contributed by atoms with E-state index >= 15 is 0 Å². The standard InChI is InChI=1S/C26H27ClN2O2/c1-28-26(30)25(19-5-3-2-4-6-19)29-23(13-9-18-7-11-22(27)12-8-18)20-10-14-24-21(17-20)15-16-31-24/h2-8,10-12,14,17,23,25,29H,9,13,15-16H2,1H3,(H,28,30). The van der Waals surface area contributed by atoms with Crippen molar-refractivity contribution in [3.8, 4) is 5.75 Å². The van der Waals surface area contributed by atoms with Crippen LogP contribution in [-0.4, -0.2) is 19.6 Å². The topological polar surface area (TPSA) is 50.4 Å². The Balaban J connectivity index is 1.61. The van der Waals surface area contributed by atoms with Crippen molar-refractivity contribution in [2.24, 2.45) is 0 Å². The van der Waals surface area contributed by atoms with Gasteiger partial charge in [0.15, 0.2) is 0 Å². The molecule has 3 aromatic rings. The highest BCUT2D eigenvalue weighted by molar-refractivity contribution is 6.30. The van der Waals surface area contributed by atoms with Crippen molar-refractivity contribution in [3.63, 3.8) is 0 Å². The van der Waals surface area contributed by atoms with Gasteiger partial charge >= 0.3 is 0 Å². The minimum absolute atomic E-state index is 0.00378. The Hall–Kier alpha value is -2.82. The molecule has 3 aromatic carbocycles. The number of likely N-dealkylation sites (N-methyl/N-ethyl adjacent to an activating group) is 1. The zero-order chi connectivity index (χ0) is 21.6. The molecule has 0 saturated heterocycles. The van der Waals surface area contributed by atoms with E-state index in [1.54, 1.807) is 7.05 Å². The summed E-state index contributed by atoms with van der Waals surface area (Å²) in [4.78, 5) is 12.8. The molecule has 5 heteroatoms. The first-order valence-corrected chi connectivity index (χ1v) is 11.0. The van der Waals surface area contributed by atoms with Crippen LogP contribution in [-0.2, 0) is 17.6 Å². The molecule has 2 unspecified atom stereocenters. The average molecular weight is 435 g/mol. The van der Waals surface area contributed by atoms with E-state index in [0.29, 0.717) is 0 Å². The van der Waals surface area contributed by atoms with Gasteiger partial charge < -0.3 is 10.1 Å². The van der Waals surface area contributed by atoms with Crippen molar-refractivity contribution >= 4 is 17.5 Å². The van der Waals surface area contributed by atoms with Gasteiger partial charge in [-0.2, -0.15) is 0 Å². The molecule has 2 N–H and O–H groups in total. The molecule has 2 atom stereocenters. The lowest BCUT2D eigenvalue weighted by atomic mass is 9.95. The highest BCUT2D eigenvalue weighted by Gasteiger charge is 2.25. The van der Waals surface area contributed by atoms with Crippen LogP contribution >= 0.6 is 11.6 Å². The minimum atomic E-state index is -0.439. The number of hydrogen-bond acceptors (Lipinski definition) is 3. The van der Waals surface area contributed by atoms with Gasteiger partial charge in [-0.15, -0.1) is 0 Å². The molecule has 0 bridgehead atoms. The fourth-order valence-electron chi connectivity index (χ4n) is 4.05. The van der Waals surface area contributed by atoms with Gasteiger partial charge in [-0.05, 0) is 53.3 Å². The lowest BCUT2D eigenvalue weighted by Crippen LogP contribution is -2.38. The van der Waals surface area contributed by atoms with E-state index in [-0.39, 0.29) is 11.9 Å². The summed E-state index contributed by atoms with van der Waals surface area (Å²) in [5, 5.41) is 7.17. The third-order valence-corrected chi connectivity index (χ3v) is 6.01. The van der Waals surface area contributed by atoms with Crippen LogP contribution in [0, 0.1) is 0 Å². The zero-order valence-electron chi connectivity index (χ0n) is 17.6. The first kappa shape index (κ1) is 21.4. The highest BCUT2D eigenvalue weighted by atomic mass is 35.5. The number of nitrogens with one attached hydrogen (secondary N) is 2. The normalized spacial score (nSPS) is 14.4. The molecule has 1 aliphatic rings. The molecule has 160 valence electrons. The van der Waals surface area contributed by atoms with Gasteiger partial charge in [0.05, 0.1) is 6.61 Å². The van der Waals surface area contributed by atoms with Gasteiger partial charge in [0, 0.05) is 24.5 Å².